The van der Waals surface area contributed by atoms with Crippen LogP contribution in [0.1, 0.15) is 11.1 Å². The van der Waals surface area contributed by atoms with Gasteiger partial charge in [-0.25, -0.2) is 13.1 Å². The Balaban J connectivity index is 1.91. The summed E-state index contributed by atoms with van der Waals surface area (Å²) in [7, 11) is -3.69. The fourth-order valence-corrected chi connectivity index (χ4v) is 2.97. The first-order chi connectivity index (χ1) is 11.4. The summed E-state index contributed by atoms with van der Waals surface area (Å²) in [4.78, 5) is 11.8. The van der Waals surface area contributed by atoms with E-state index in [9.17, 15) is 13.2 Å². The van der Waals surface area contributed by atoms with Crippen LogP contribution >= 0.6 is 15.9 Å². The van der Waals surface area contributed by atoms with Crippen LogP contribution in [0, 0.1) is 6.92 Å². The van der Waals surface area contributed by atoms with Crippen LogP contribution in [-0.4, -0.2) is 20.9 Å². The van der Waals surface area contributed by atoms with Crippen LogP contribution in [0.25, 0.3) is 6.08 Å². The van der Waals surface area contributed by atoms with Crippen molar-refractivity contribution in [1.82, 2.24) is 4.72 Å². The molecule has 126 valence electrons. The maximum absolute atomic E-state index is 11.9. The van der Waals surface area contributed by atoms with Gasteiger partial charge < -0.3 is 5.32 Å². The van der Waals surface area contributed by atoms with Crippen molar-refractivity contribution in [3.8, 4) is 0 Å². The number of aryl methyl sites for hydroxylation is 1. The van der Waals surface area contributed by atoms with Crippen molar-refractivity contribution >= 4 is 43.6 Å². The molecule has 2 aromatic carbocycles. The quantitative estimate of drug-likeness (QED) is 0.769. The molecule has 0 fully saturated rings. The first-order valence-electron chi connectivity index (χ1n) is 7.14. The molecule has 0 aromatic heterocycles. The van der Waals surface area contributed by atoms with Crippen LogP contribution in [0.5, 0.6) is 0 Å². The van der Waals surface area contributed by atoms with E-state index < -0.39 is 15.9 Å². The van der Waals surface area contributed by atoms with Crippen molar-refractivity contribution in [3.63, 3.8) is 0 Å². The van der Waals surface area contributed by atoms with Gasteiger partial charge in [-0.1, -0.05) is 42.0 Å². The molecule has 2 rings (SSSR count). The third-order valence-corrected chi connectivity index (χ3v) is 4.83. The number of halogens is 1. The van der Waals surface area contributed by atoms with Crippen LogP contribution in [0.4, 0.5) is 5.69 Å². The van der Waals surface area contributed by atoms with E-state index in [4.69, 9.17) is 0 Å². The number of rotatable bonds is 6. The fourth-order valence-electron chi connectivity index (χ4n) is 1.82. The summed E-state index contributed by atoms with van der Waals surface area (Å²) >= 11 is 3.31. The zero-order valence-corrected chi connectivity index (χ0v) is 15.4. The number of hydrogen-bond acceptors (Lipinski definition) is 3. The molecule has 5 nitrogen and oxygen atoms in total. The molecule has 0 aliphatic heterocycles. The Bertz CT molecular complexity index is 846. The number of para-hydroxylation sites is 1. The Morgan fingerprint density at radius 3 is 2.46 bits per heavy atom. The van der Waals surface area contributed by atoms with Crippen LogP contribution in [0.3, 0.4) is 0 Å². The zero-order chi connectivity index (χ0) is 17.6. The average molecular weight is 409 g/mol. The second-order valence-electron chi connectivity index (χ2n) is 5.11. The standard InChI is InChI=1S/C17H17BrN2O3S/c1-13-6-8-14(9-7-13)10-11-24(22,23)19-12-17(21)20-16-5-3-2-4-15(16)18/h2-11,19H,12H2,1H3,(H,20,21)/b11-10+. The molecule has 0 saturated carbocycles. The normalized spacial score (nSPS) is 11.6. The summed E-state index contributed by atoms with van der Waals surface area (Å²) in [6.45, 7) is 1.61. The highest BCUT2D eigenvalue weighted by atomic mass is 79.9. The van der Waals surface area contributed by atoms with Gasteiger partial charge in [0.1, 0.15) is 0 Å². The maximum atomic E-state index is 11.9. The van der Waals surface area contributed by atoms with Gasteiger partial charge in [-0.15, -0.1) is 0 Å². The molecule has 0 unspecified atom stereocenters. The van der Waals surface area contributed by atoms with Crippen molar-refractivity contribution in [3.05, 3.63) is 69.5 Å². The predicted molar refractivity (Wildman–Crippen MR) is 99.9 cm³/mol. The van der Waals surface area contributed by atoms with Gasteiger partial charge >= 0.3 is 0 Å². The van der Waals surface area contributed by atoms with E-state index in [1.54, 1.807) is 18.2 Å². The number of carbonyl (C=O) groups excluding carboxylic acids is 1. The summed E-state index contributed by atoms with van der Waals surface area (Å²) in [5, 5.41) is 3.67. The van der Waals surface area contributed by atoms with E-state index in [1.165, 1.54) is 6.08 Å². The topological polar surface area (TPSA) is 75.3 Å². The Kier molecular flexibility index (Phi) is 6.30. The van der Waals surface area contributed by atoms with E-state index in [0.717, 1.165) is 21.0 Å². The lowest BCUT2D eigenvalue weighted by molar-refractivity contribution is -0.115. The van der Waals surface area contributed by atoms with E-state index in [0.29, 0.717) is 5.69 Å². The van der Waals surface area contributed by atoms with Gasteiger partial charge in [0.25, 0.3) is 0 Å². The number of anilines is 1. The van der Waals surface area contributed by atoms with Crippen molar-refractivity contribution in [2.45, 2.75) is 6.92 Å². The SMILES string of the molecule is Cc1ccc(/C=C/S(=O)(=O)NCC(=O)Nc2ccccc2Br)cc1. The van der Waals surface area contributed by atoms with Crippen molar-refractivity contribution in [2.75, 3.05) is 11.9 Å². The molecule has 0 heterocycles. The zero-order valence-electron chi connectivity index (χ0n) is 13.0. The van der Waals surface area contributed by atoms with Gasteiger partial charge in [-0.05, 0) is 46.6 Å². The van der Waals surface area contributed by atoms with Crippen LogP contribution in [0.15, 0.2) is 58.4 Å². The van der Waals surface area contributed by atoms with Gasteiger partial charge in [0.05, 0.1) is 12.2 Å². The smallest absolute Gasteiger partial charge is 0.239 e. The third-order valence-electron chi connectivity index (χ3n) is 3.10. The van der Waals surface area contributed by atoms with Crippen molar-refractivity contribution in [1.29, 1.82) is 0 Å². The molecule has 0 spiro atoms. The lowest BCUT2D eigenvalue weighted by Gasteiger charge is -2.07. The van der Waals surface area contributed by atoms with Gasteiger partial charge in [-0.3, -0.25) is 4.79 Å². The average Bonchev–Trinajstić information content (AvgIpc) is 2.55. The molecular formula is C17H17BrN2O3S. The van der Waals surface area contributed by atoms with Crippen molar-refractivity contribution in [2.24, 2.45) is 0 Å². The molecule has 0 atom stereocenters. The lowest BCUT2D eigenvalue weighted by atomic mass is 10.2. The van der Waals surface area contributed by atoms with E-state index in [-0.39, 0.29) is 6.54 Å². The molecule has 0 aliphatic carbocycles. The highest BCUT2D eigenvalue weighted by Crippen LogP contribution is 2.20. The van der Waals surface area contributed by atoms with Gasteiger partial charge in [0.15, 0.2) is 0 Å². The van der Waals surface area contributed by atoms with Gasteiger partial charge in [0, 0.05) is 9.88 Å². The van der Waals surface area contributed by atoms with Crippen molar-refractivity contribution < 1.29 is 13.2 Å². The molecule has 24 heavy (non-hydrogen) atoms. The molecule has 2 N–H and O–H groups in total. The Morgan fingerprint density at radius 2 is 1.79 bits per heavy atom. The fraction of sp³-hybridized carbons (Fsp3) is 0.118. The van der Waals surface area contributed by atoms with E-state index in [2.05, 4.69) is 26.0 Å². The summed E-state index contributed by atoms with van der Waals surface area (Å²) < 4.78 is 26.8. The van der Waals surface area contributed by atoms with Gasteiger partial charge in [-0.2, -0.15) is 0 Å². The molecule has 0 bridgehead atoms. The van der Waals surface area contributed by atoms with E-state index in [1.807, 2.05) is 37.3 Å². The number of nitrogens with one attached hydrogen (secondary N) is 2. The maximum Gasteiger partial charge on any atom is 0.239 e. The minimum atomic E-state index is -3.69. The Morgan fingerprint density at radius 1 is 1.12 bits per heavy atom. The molecule has 1 amide bonds. The first kappa shape index (κ1) is 18.4. The second-order valence-corrected chi connectivity index (χ2v) is 7.61. The number of benzene rings is 2. The minimum Gasteiger partial charge on any atom is -0.324 e. The largest absolute Gasteiger partial charge is 0.324 e. The Labute approximate surface area is 150 Å². The van der Waals surface area contributed by atoms with Crippen LogP contribution < -0.4 is 10.0 Å². The molecule has 0 radical (unpaired) electrons. The predicted octanol–water partition coefficient (Wildman–Crippen LogP) is 3.29. The summed E-state index contributed by atoms with van der Waals surface area (Å²) in [5.74, 6) is -0.450. The molecule has 0 saturated heterocycles. The molecule has 2 aromatic rings. The molecular weight excluding hydrogens is 392 g/mol. The highest BCUT2D eigenvalue weighted by Gasteiger charge is 2.10. The van der Waals surface area contributed by atoms with E-state index >= 15 is 0 Å². The minimum absolute atomic E-state index is 0.345. The monoisotopic (exact) mass is 408 g/mol. The van der Waals surface area contributed by atoms with Crippen LogP contribution in [-0.2, 0) is 14.8 Å². The Hall–Kier alpha value is -1.96. The molecule has 7 heteroatoms. The number of hydrogen-bond donors (Lipinski definition) is 2. The number of sulfonamides is 1. The number of carbonyl (C=O) groups is 1. The van der Waals surface area contributed by atoms with Crippen LogP contribution in [0.2, 0.25) is 0 Å². The number of amides is 1. The summed E-state index contributed by atoms with van der Waals surface area (Å²) in [6.07, 6.45) is 1.48. The molecule has 0 aliphatic rings. The van der Waals surface area contributed by atoms with Gasteiger partial charge in [0.2, 0.25) is 15.9 Å². The lowest BCUT2D eigenvalue weighted by Crippen LogP contribution is -2.31. The summed E-state index contributed by atoms with van der Waals surface area (Å²) in [6, 6.07) is 14.5. The third kappa shape index (κ3) is 5.92. The highest BCUT2D eigenvalue weighted by molar-refractivity contribution is 9.10. The second kappa shape index (κ2) is 8.23. The first-order valence-corrected chi connectivity index (χ1v) is 9.48. The summed E-state index contributed by atoms with van der Waals surface area (Å²) in [5.41, 5.74) is 2.44.